The Labute approximate surface area is 298 Å². The summed E-state index contributed by atoms with van der Waals surface area (Å²) in [5.74, 6) is 0. The van der Waals surface area contributed by atoms with Crippen LogP contribution in [0.4, 0.5) is 0 Å². The zero-order chi connectivity index (χ0) is 33.5. The Hall–Kier alpha value is -6.42. The fourth-order valence-corrected chi connectivity index (χ4v) is 9.33. The lowest BCUT2D eigenvalue weighted by atomic mass is 9.95. The number of benzene rings is 8. The van der Waals surface area contributed by atoms with Gasteiger partial charge in [0.05, 0.1) is 21.4 Å². The second kappa shape index (κ2) is 11.0. The van der Waals surface area contributed by atoms with Crippen LogP contribution in [0.15, 0.2) is 180 Å². The highest BCUT2D eigenvalue weighted by Crippen LogP contribution is 2.46. The van der Waals surface area contributed by atoms with E-state index in [-0.39, 0.29) is 0 Å². The smallest absolute Gasteiger partial charge is 0.135 e. The molecule has 0 N–H and O–H groups in total. The molecule has 8 aromatic carbocycles. The minimum atomic E-state index is 0.914. The lowest BCUT2D eigenvalue weighted by Crippen LogP contribution is -1.93. The van der Waals surface area contributed by atoms with E-state index in [0.717, 1.165) is 21.9 Å². The van der Waals surface area contributed by atoms with Crippen molar-refractivity contribution in [2.24, 2.45) is 0 Å². The molecule has 0 radical (unpaired) electrons. The number of nitrogens with zero attached hydrogens (tertiary/aromatic N) is 1. The van der Waals surface area contributed by atoms with E-state index >= 15 is 0 Å². The van der Waals surface area contributed by atoms with E-state index in [0.29, 0.717) is 0 Å². The summed E-state index contributed by atoms with van der Waals surface area (Å²) >= 11 is 1.90. The van der Waals surface area contributed by atoms with E-state index in [2.05, 4.69) is 168 Å². The first-order chi connectivity index (χ1) is 25.3. The number of hydrogen-bond donors (Lipinski definition) is 0. The van der Waals surface area contributed by atoms with Crippen molar-refractivity contribution in [1.82, 2.24) is 4.57 Å². The maximum absolute atomic E-state index is 6.19. The summed E-state index contributed by atoms with van der Waals surface area (Å²) < 4.78 is 11.2. The highest BCUT2D eigenvalue weighted by atomic mass is 32.1. The fraction of sp³-hybridized carbons (Fsp3) is 0. The highest BCUT2D eigenvalue weighted by molar-refractivity contribution is 7.26. The summed E-state index contributed by atoms with van der Waals surface area (Å²) in [6.45, 7) is 0. The van der Waals surface area contributed by atoms with Crippen LogP contribution in [0.25, 0.3) is 103 Å². The van der Waals surface area contributed by atoms with Crippen molar-refractivity contribution in [3.05, 3.63) is 176 Å². The van der Waals surface area contributed by atoms with Gasteiger partial charge in [-0.15, -0.1) is 11.3 Å². The van der Waals surface area contributed by atoms with Crippen molar-refractivity contribution in [3.8, 4) is 39.1 Å². The van der Waals surface area contributed by atoms with Crippen LogP contribution in [0.2, 0.25) is 0 Å². The molecule has 0 saturated heterocycles. The first-order valence-corrected chi connectivity index (χ1v) is 18.2. The second-order valence-corrected chi connectivity index (χ2v) is 14.3. The van der Waals surface area contributed by atoms with Crippen LogP contribution in [0, 0.1) is 0 Å². The summed E-state index contributed by atoms with van der Waals surface area (Å²) in [6.07, 6.45) is 0. The molecule has 0 saturated carbocycles. The Balaban J connectivity index is 1.18. The maximum Gasteiger partial charge on any atom is 0.135 e. The Morgan fingerprint density at radius 3 is 1.84 bits per heavy atom. The van der Waals surface area contributed by atoms with Crippen LogP contribution < -0.4 is 0 Å². The molecule has 11 rings (SSSR count). The molecule has 2 nitrogen and oxygen atoms in total. The van der Waals surface area contributed by atoms with Crippen LogP contribution in [0.1, 0.15) is 0 Å². The number of aromatic nitrogens is 1. The third kappa shape index (κ3) is 4.35. The number of hydrogen-bond acceptors (Lipinski definition) is 2. The SMILES string of the molecule is c1ccc(-c2ccc3c(c2)c2ccccc2n3-c2cccc3c2sc2c(-c4ccccc4)cc(-c4ccc5oc6ccccc6c5c4)cc23)cc1. The molecule has 3 heteroatoms. The van der Waals surface area contributed by atoms with Gasteiger partial charge in [-0.2, -0.15) is 0 Å². The minimum absolute atomic E-state index is 0.914. The first kappa shape index (κ1) is 28.4. The molecule has 0 spiro atoms. The molecule has 0 aliphatic heterocycles. The molecule has 0 fully saturated rings. The van der Waals surface area contributed by atoms with E-state index in [1.165, 1.54) is 81.0 Å². The maximum atomic E-state index is 6.19. The van der Waals surface area contributed by atoms with Gasteiger partial charge in [0.15, 0.2) is 0 Å². The molecule has 3 aromatic heterocycles. The van der Waals surface area contributed by atoms with Crippen LogP contribution in [0.5, 0.6) is 0 Å². The normalized spacial score (nSPS) is 11.9. The van der Waals surface area contributed by atoms with Crippen LogP contribution in [-0.2, 0) is 0 Å². The van der Waals surface area contributed by atoms with Gasteiger partial charge < -0.3 is 8.98 Å². The van der Waals surface area contributed by atoms with E-state index in [4.69, 9.17) is 4.42 Å². The number of fused-ring (bicyclic) bond motifs is 9. The third-order valence-electron chi connectivity index (χ3n) is 10.4. The average Bonchev–Trinajstić information content (AvgIpc) is 3.87. The van der Waals surface area contributed by atoms with Gasteiger partial charge in [-0.3, -0.25) is 0 Å². The van der Waals surface area contributed by atoms with Crippen molar-refractivity contribution < 1.29 is 4.42 Å². The quantitative estimate of drug-likeness (QED) is 0.183. The third-order valence-corrected chi connectivity index (χ3v) is 11.7. The molecule has 0 aliphatic carbocycles. The summed E-state index contributed by atoms with van der Waals surface area (Å²) in [7, 11) is 0. The summed E-state index contributed by atoms with van der Waals surface area (Å²) in [4.78, 5) is 0. The predicted octanol–water partition coefficient (Wildman–Crippen LogP) is 14.1. The summed E-state index contributed by atoms with van der Waals surface area (Å²) in [5.41, 5.74) is 12.8. The van der Waals surface area contributed by atoms with Crippen LogP contribution in [0.3, 0.4) is 0 Å². The standard InChI is InChI=1S/C48H29NOS/c1-3-12-30(13-4-1)32-22-24-43-39(26-32)35-16-7-9-19-42(35)49(43)44-20-11-18-37-41-29-34(28-38(47(41)51-48(37)44)31-14-5-2-6-15-31)33-23-25-46-40(27-33)36-17-8-10-21-45(36)50-46/h1-29H. The lowest BCUT2D eigenvalue weighted by molar-refractivity contribution is 0.669. The lowest BCUT2D eigenvalue weighted by Gasteiger charge is -2.10. The molecule has 51 heavy (non-hydrogen) atoms. The Morgan fingerprint density at radius 2 is 0.980 bits per heavy atom. The van der Waals surface area contributed by atoms with Crippen molar-refractivity contribution in [2.45, 2.75) is 0 Å². The Morgan fingerprint density at radius 1 is 0.353 bits per heavy atom. The summed E-state index contributed by atoms with van der Waals surface area (Å²) in [5, 5.41) is 7.36. The molecule has 11 aromatic rings. The predicted molar refractivity (Wildman–Crippen MR) is 217 cm³/mol. The van der Waals surface area contributed by atoms with Crippen LogP contribution >= 0.6 is 11.3 Å². The largest absolute Gasteiger partial charge is 0.456 e. The van der Waals surface area contributed by atoms with Crippen molar-refractivity contribution in [3.63, 3.8) is 0 Å². The fourth-order valence-electron chi connectivity index (χ4n) is 8.01. The summed E-state index contributed by atoms with van der Waals surface area (Å²) in [6, 6.07) is 63.7. The van der Waals surface area contributed by atoms with Crippen molar-refractivity contribution in [2.75, 3.05) is 0 Å². The number of thiophene rings is 1. The van der Waals surface area contributed by atoms with Gasteiger partial charge in [0.2, 0.25) is 0 Å². The zero-order valence-corrected chi connectivity index (χ0v) is 28.3. The minimum Gasteiger partial charge on any atom is -0.456 e. The van der Waals surface area contributed by atoms with Gasteiger partial charge in [-0.05, 0) is 82.4 Å². The van der Waals surface area contributed by atoms with Gasteiger partial charge in [0.25, 0.3) is 0 Å². The Bertz CT molecular complexity index is 3130. The number of para-hydroxylation sites is 2. The van der Waals surface area contributed by atoms with E-state index in [1.54, 1.807) is 0 Å². The Kier molecular flexibility index (Phi) is 6.16. The number of furan rings is 1. The van der Waals surface area contributed by atoms with Gasteiger partial charge in [-0.1, -0.05) is 121 Å². The molecule has 0 bridgehead atoms. The molecule has 238 valence electrons. The molecule has 0 unspecified atom stereocenters. The van der Waals surface area contributed by atoms with E-state index < -0.39 is 0 Å². The monoisotopic (exact) mass is 667 g/mol. The second-order valence-electron chi connectivity index (χ2n) is 13.3. The molecule has 3 heterocycles. The van der Waals surface area contributed by atoms with Gasteiger partial charge in [0.1, 0.15) is 11.2 Å². The van der Waals surface area contributed by atoms with E-state index in [9.17, 15) is 0 Å². The van der Waals surface area contributed by atoms with Gasteiger partial charge in [0, 0.05) is 42.6 Å². The molecular weight excluding hydrogens is 639 g/mol. The van der Waals surface area contributed by atoms with Crippen molar-refractivity contribution in [1.29, 1.82) is 0 Å². The number of rotatable bonds is 4. The van der Waals surface area contributed by atoms with Crippen molar-refractivity contribution >= 4 is 75.3 Å². The van der Waals surface area contributed by atoms with E-state index in [1.807, 2.05) is 23.5 Å². The van der Waals surface area contributed by atoms with Crippen LogP contribution in [-0.4, -0.2) is 4.57 Å². The van der Waals surface area contributed by atoms with Gasteiger partial charge >= 0.3 is 0 Å². The zero-order valence-electron chi connectivity index (χ0n) is 27.5. The topological polar surface area (TPSA) is 18.1 Å². The molecule has 0 atom stereocenters. The first-order valence-electron chi connectivity index (χ1n) is 17.3. The molecule has 0 aliphatic rings. The highest BCUT2D eigenvalue weighted by Gasteiger charge is 2.20. The molecular formula is C48H29NOS. The van der Waals surface area contributed by atoms with Gasteiger partial charge in [-0.25, -0.2) is 0 Å². The molecule has 0 amide bonds. The average molecular weight is 668 g/mol.